The number of halogens is 1. The Morgan fingerprint density at radius 1 is 1.23 bits per heavy atom. The summed E-state index contributed by atoms with van der Waals surface area (Å²) >= 11 is 1.43. The number of aryl methyl sites for hydroxylation is 1. The molecule has 0 fully saturated rings. The highest BCUT2D eigenvalue weighted by molar-refractivity contribution is 7.17. The van der Waals surface area contributed by atoms with Crippen LogP contribution in [0.5, 0.6) is 5.75 Å². The average Bonchev–Trinajstić information content (AvgIpc) is 3.45. The molecule has 2 amide bonds. The second kappa shape index (κ2) is 8.71. The number of rotatable bonds is 7. The lowest BCUT2D eigenvalue weighted by Gasteiger charge is -2.15. The lowest BCUT2D eigenvalue weighted by Crippen LogP contribution is -2.31. The fourth-order valence-electron chi connectivity index (χ4n) is 3.39. The van der Waals surface area contributed by atoms with Crippen LogP contribution in [0.15, 0.2) is 47.1 Å². The maximum Gasteiger partial charge on any atom is 0.265 e. The van der Waals surface area contributed by atoms with Crippen LogP contribution in [-0.2, 0) is 24.2 Å². The number of ether oxygens (including phenoxy) is 1. The zero-order chi connectivity index (χ0) is 21.1. The number of carbonyl (C=O) groups excluding carboxylic acids is 2. The van der Waals surface area contributed by atoms with Crippen LogP contribution in [0.1, 0.15) is 39.9 Å². The Morgan fingerprint density at radius 3 is 2.77 bits per heavy atom. The standard InChI is InChI=1S/C22H21FN2O4S/c1-13(29-15-9-7-14(23)8-10-15)20(26)25-22-19(17-5-2-6-18(17)30-22)21(27)24-12-16-4-3-11-28-16/h3-4,7-11,13H,2,5-6,12H2,1H3,(H,24,27)(H,25,26). The Kier molecular flexibility index (Phi) is 5.85. The number of furan rings is 1. The van der Waals surface area contributed by atoms with Gasteiger partial charge >= 0.3 is 0 Å². The third-order valence-electron chi connectivity index (χ3n) is 4.88. The summed E-state index contributed by atoms with van der Waals surface area (Å²) in [5, 5.41) is 6.23. The van der Waals surface area contributed by atoms with E-state index in [0.29, 0.717) is 22.1 Å². The molecule has 0 spiro atoms. The van der Waals surface area contributed by atoms with Gasteiger partial charge in [0.2, 0.25) is 0 Å². The Morgan fingerprint density at radius 2 is 2.03 bits per heavy atom. The van der Waals surface area contributed by atoms with Crippen LogP contribution in [-0.4, -0.2) is 17.9 Å². The van der Waals surface area contributed by atoms with Gasteiger partial charge in [0, 0.05) is 4.88 Å². The van der Waals surface area contributed by atoms with Crippen molar-refractivity contribution in [1.29, 1.82) is 0 Å². The van der Waals surface area contributed by atoms with Crippen molar-refractivity contribution in [2.45, 2.75) is 38.8 Å². The summed E-state index contributed by atoms with van der Waals surface area (Å²) < 4.78 is 23.9. The smallest absolute Gasteiger partial charge is 0.265 e. The molecule has 0 radical (unpaired) electrons. The predicted molar refractivity (Wildman–Crippen MR) is 111 cm³/mol. The first kappa shape index (κ1) is 20.2. The highest BCUT2D eigenvalue weighted by Crippen LogP contribution is 2.39. The first-order valence-corrected chi connectivity index (χ1v) is 10.5. The van der Waals surface area contributed by atoms with Gasteiger partial charge in [-0.05, 0) is 68.1 Å². The van der Waals surface area contributed by atoms with Crippen LogP contribution in [0.25, 0.3) is 0 Å². The molecule has 2 heterocycles. The topological polar surface area (TPSA) is 80.6 Å². The summed E-state index contributed by atoms with van der Waals surface area (Å²) in [6.07, 6.45) is 3.45. The van der Waals surface area contributed by atoms with Crippen LogP contribution in [0, 0.1) is 5.82 Å². The van der Waals surface area contributed by atoms with Gasteiger partial charge in [0.05, 0.1) is 18.4 Å². The normalized spacial score (nSPS) is 13.5. The molecular weight excluding hydrogens is 407 g/mol. The van der Waals surface area contributed by atoms with Crippen molar-refractivity contribution in [2.75, 3.05) is 5.32 Å². The monoisotopic (exact) mass is 428 g/mol. The van der Waals surface area contributed by atoms with Gasteiger partial charge in [-0.2, -0.15) is 0 Å². The summed E-state index contributed by atoms with van der Waals surface area (Å²) in [5.74, 6) is 0.0524. The summed E-state index contributed by atoms with van der Waals surface area (Å²) in [6, 6.07) is 9.02. The minimum atomic E-state index is -0.813. The van der Waals surface area contributed by atoms with Crippen molar-refractivity contribution < 1.29 is 23.1 Å². The minimum Gasteiger partial charge on any atom is -0.481 e. The third-order valence-corrected chi connectivity index (χ3v) is 6.09. The number of benzene rings is 1. The highest BCUT2D eigenvalue weighted by Gasteiger charge is 2.28. The van der Waals surface area contributed by atoms with Crippen molar-refractivity contribution in [3.8, 4) is 5.75 Å². The zero-order valence-electron chi connectivity index (χ0n) is 16.4. The van der Waals surface area contributed by atoms with E-state index >= 15 is 0 Å². The molecule has 0 saturated heterocycles. The van der Waals surface area contributed by atoms with E-state index in [1.165, 1.54) is 35.6 Å². The van der Waals surface area contributed by atoms with Gasteiger partial charge in [0.25, 0.3) is 11.8 Å². The van der Waals surface area contributed by atoms with Crippen LogP contribution in [0.4, 0.5) is 9.39 Å². The van der Waals surface area contributed by atoms with Gasteiger partial charge < -0.3 is 19.8 Å². The molecule has 1 aromatic carbocycles. The van der Waals surface area contributed by atoms with Crippen LogP contribution < -0.4 is 15.4 Å². The fraction of sp³-hybridized carbons (Fsp3) is 0.273. The summed E-state index contributed by atoms with van der Waals surface area (Å²) in [4.78, 5) is 26.7. The first-order valence-electron chi connectivity index (χ1n) is 9.69. The molecular formula is C22H21FN2O4S. The minimum absolute atomic E-state index is 0.242. The van der Waals surface area contributed by atoms with E-state index in [-0.39, 0.29) is 24.2 Å². The maximum atomic E-state index is 13.0. The van der Waals surface area contributed by atoms with Gasteiger partial charge in [0.15, 0.2) is 6.10 Å². The average molecular weight is 428 g/mol. The Labute approximate surface area is 177 Å². The molecule has 0 saturated carbocycles. The van der Waals surface area contributed by atoms with Crippen LogP contribution in [0.3, 0.4) is 0 Å². The number of thiophene rings is 1. The first-order chi connectivity index (χ1) is 14.5. The highest BCUT2D eigenvalue weighted by atomic mass is 32.1. The molecule has 1 aliphatic carbocycles. The van der Waals surface area contributed by atoms with Gasteiger partial charge in [-0.3, -0.25) is 9.59 Å². The van der Waals surface area contributed by atoms with Crippen molar-refractivity contribution in [3.05, 3.63) is 70.2 Å². The third kappa shape index (κ3) is 4.38. The van der Waals surface area contributed by atoms with E-state index in [1.54, 1.807) is 25.3 Å². The maximum absolute atomic E-state index is 13.0. The summed E-state index contributed by atoms with van der Waals surface area (Å²) in [7, 11) is 0. The lowest BCUT2D eigenvalue weighted by molar-refractivity contribution is -0.122. The molecule has 1 unspecified atom stereocenters. The largest absolute Gasteiger partial charge is 0.481 e. The molecule has 6 nitrogen and oxygen atoms in total. The second-order valence-electron chi connectivity index (χ2n) is 7.03. The fourth-order valence-corrected chi connectivity index (χ4v) is 4.68. The number of fused-ring (bicyclic) bond motifs is 1. The summed E-state index contributed by atoms with van der Waals surface area (Å²) in [5.41, 5.74) is 1.51. The van der Waals surface area contributed by atoms with Gasteiger partial charge in [0.1, 0.15) is 22.3 Å². The van der Waals surface area contributed by atoms with Crippen molar-refractivity contribution in [3.63, 3.8) is 0 Å². The molecule has 156 valence electrons. The van der Waals surface area contributed by atoms with Crippen LogP contribution in [0.2, 0.25) is 0 Å². The Hall–Kier alpha value is -3.13. The van der Waals surface area contributed by atoms with Crippen LogP contribution >= 0.6 is 11.3 Å². The molecule has 2 aromatic heterocycles. The van der Waals surface area contributed by atoms with E-state index in [2.05, 4.69) is 10.6 Å². The predicted octanol–water partition coefficient (Wildman–Crippen LogP) is 4.30. The zero-order valence-corrected chi connectivity index (χ0v) is 17.2. The van der Waals surface area contributed by atoms with E-state index < -0.39 is 6.10 Å². The molecule has 1 aliphatic rings. The van der Waals surface area contributed by atoms with E-state index in [9.17, 15) is 14.0 Å². The SMILES string of the molecule is CC(Oc1ccc(F)cc1)C(=O)Nc1sc2c(c1C(=O)NCc1ccco1)CCC2. The number of hydrogen-bond donors (Lipinski definition) is 2. The Bertz CT molecular complexity index is 1040. The molecule has 1 atom stereocenters. The number of nitrogens with one attached hydrogen (secondary N) is 2. The molecule has 0 aliphatic heterocycles. The van der Waals surface area contributed by atoms with Crippen molar-refractivity contribution >= 4 is 28.2 Å². The van der Waals surface area contributed by atoms with E-state index in [1.807, 2.05) is 0 Å². The number of amides is 2. The molecule has 2 N–H and O–H groups in total. The summed E-state index contributed by atoms with van der Waals surface area (Å²) in [6.45, 7) is 1.88. The lowest BCUT2D eigenvalue weighted by atomic mass is 10.1. The van der Waals surface area contributed by atoms with E-state index in [0.717, 1.165) is 29.7 Å². The van der Waals surface area contributed by atoms with Gasteiger partial charge in [-0.15, -0.1) is 11.3 Å². The number of carbonyl (C=O) groups is 2. The number of anilines is 1. The molecule has 4 rings (SSSR count). The van der Waals surface area contributed by atoms with E-state index in [4.69, 9.17) is 9.15 Å². The quantitative estimate of drug-likeness (QED) is 0.588. The molecule has 3 aromatic rings. The molecule has 30 heavy (non-hydrogen) atoms. The van der Waals surface area contributed by atoms with Gasteiger partial charge in [-0.1, -0.05) is 0 Å². The number of hydrogen-bond acceptors (Lipinski definition) is 5. The van der Waals surface area contributed by atoms with Crippen molar-refractivity contribution in [2.24, 2.45) is 0 Å². The second-order valence-corrected chi connectivity index (χ2v) is 8.13. The van der Waals surface area contributed by atoms with Crippen molar-refractivity contribution in [1.82, 2.24) is 5.32 Å². The molecule has 8 heteroatoms. The molecule has 0 bridgehead atoms. The Balaban J connectivity index is 1.47. The van der Waals surface area contributed by atoms with Gasteiger partial charge in [-0.25, -0.2) is 4.39 Å².